The first-order chi connectivity index (χ1) is 14.2. The fraction of sp³-hybridized carbons (Fsp3) is 0.190. The van der Waals surface area contributed by atoms with Crippen molar-refractivity contribution in [1.82, 2.24) is 14.8 Å². The summed E-state index contributed by atoms with van der Waals surface area (Å²) in [5.41, 5.74) is 2.13. The Balaban J connectivity index is 1.62. The Labute approximate surface area is 171 Å². The number of furan rings is 2. The summed E-state index contributed by atoms with van der Waals surface area (Å²) < 4.78 is 17.8. The molecule has 3 aromatic heterocycles. The second-order valence-electron chi connectivity index (χ2n) is 6.33. The van der Waals surface area contributed by atoms with E-state index in [9.17, 15) is 4.79 Å². The standard InChI is InChI=1S/C21H19N3O4S/c1-14-6-3-4-8-17(14)19-22-23-21(24(19)12-15-7-5-11-27-15)29-13-16-9-10-18(28-16)20(25)26-2/h3-11H,12-13H2,1-2H3. The summed E-state index contributed by atoms with van der Waals surface area (Å²) in [6.45, 7) is 2.56. The number of hydrogen-bond acceptors (Lipinski definition) is 7. The Kier molecular flexibility index (Phi) is 5.53. The molecule has 0 saturated heterocycles. The minimum atomic E-state index is -0.496. The molecule has 0 radical (unpaired) electrons. The van der Waals surface area contributed by atoms with Crippen molar-refractivity contribution in [2.24, 2.45) is 0 Å². The Morgan fingerprint density at radius 1 is 1.10 bits per heavy atom. The van der Waals surface area contributed by atoms with Gasteiger partial charge >= 0.3 is 5.97 Å². The van der Waals surface area contributed by atoms with Crippen molar-refractivity contribution in [3.05, 3.63) is 77.6 Å². The maximum Gasteiger partial charge on any atom is 0.373 e. The fourth-order valence-electron chi connectivity index (χ4n) is 2.92. The zero-order chi connectivity index (χ0) is 20.2. The quantitative estimate of drug-likeness (QED) is 0.327. The van der Waals surface area contributed by atoms with Crippen LogP contribution < -0.4 is 0 Å². The molecule has 0 aliphatic rings. The lowest BCUT2D eigenvalue weighted by molar-refractivity contribution is 0.0563. The first-order valence-corrected chi connectivity index (χ1v) is 9.95. The van der Waals surface area contributed by atoms with Crippen LogP contribution in [0.5, 0.6) is 0 Å². The Bertz CT molecular complexity index is 1110. The number of carbonyl (C=O) groups is 1. The van der Waals surface area contributed by atoms with Gasteiger partial charge in [0, 0.05) is 5.56 Å². The van der Waals surface area contributed by atoms with Crippen LogP contribution in [-0.4, -0.2) is 27.8 Å². The first-order valence-electron chi connectivity index (χ1n) is 8.97. The minimum absolute atomic E-state index is 0.181. The molecule has 148 valence electrons. The molecule has 1 aromatic carbocycles. The molecule has 0 unspecified atom stereocenters. The summed E-state index contributed by atoms with van der Waals surface area (Å²) in [5, 5.41) is 9.55. The number of aryl methyl sites for hydroxylation is 1. The number of rotatable bonds is 7. The van der Waals surface area contributed by atoms with Gasteiger partial charge in [0.25, 0.3) is 0 Å². The zero-order valence-electron chi connectivity index (χ0n) is 16.0. The van der Waals surface area contributed by atoms with E-state index < -0.39 is 5.97 Å². The molecule has 0 saturated carbocycles. The monoisotopic (exact) mass is 409 g/mol. The van der Waals surface area contributed by atoms with E-state index in [1.807, 2.05) is 47.9 Å². The third kappa shape index (κ3) is 4.12. The fourth-order valence-corrected chi connectivity index (χ4v) is 3.75. The summed E-state index contributed by atoms with van der Waals surface area (Å²) in [7, 11) is 1.32. The summed E-state index contributed by atoms with van der Waals surface area (Å²) in [6.07, 6.45) is 1.65. The van der Waals surface area contributed by atoms with E-state index in [1.165, 1.54) is 18.9 Å². The molecule has 0 bridgehead atoms. The normalized spacial score (nSPS) is 11.0. The van der Waals surface area contributed by atoms with Crippen LogP contribution in [0.2, 0.25) is 0 Å². The number of aromatic nitrogens is 3. The molecule has 0 fully saturated rings. The van der Waals surface area contributed by atoms with E-state index in [1.54, 1.807) is 18.4 Å². The molecule has 3 heterocycles. The summed E-state index contributed by atoms with van der Waals surface area (Å²) in [5.74, 6) is 2.43. The Morgan fingerprint density at radius 2 is 1.97 bits per heavy atom. The van der Waals surface area contributed by atoms with E-state index in [0.29, 0.717) is 18.1 Å². The van der Waals surface area contributed by atoms with E-state index in [4.69, 9.17) is 8.83 Å². The number of hydrogen-bond donors (Lipinski definition) is 0. The highest BCUT2D eigenvalue weighted by Gasteiger charge is 2.18. The van der Waals surface area contributed by atoms with E-state index in [-0.39, 0.29) is 5.76 Å². The van der Waals surface area contributed by atoms with Crippen LogP contribution in [0.15, 0.2) is 68.8 Å². The summed E-state index contributed by atoms with van der Waals surface area (Å²) >= 11 is 1.48. The van der Waals surface area contributed by atoms with Gasteiger partial charge in [-0.05, 0) is 36.8 Å². The average molecular weight is 409 g/mol. The van der Waals surface area contributed by atoms with Crippen LogP contribution in [0.1, 0.15) is 27.6 Å². The van der Waals surface area contributed by atoms with Crippen molar-refractivity contribution in [3.8, 4) is 11.4 Å². The predicted octanol–water partition coefficient (Wildman–Crippen LogP) is 4.57. The van der Waals surface area contributed by atoms with Gasteiger partial charge in [-0.15, -0.1) is 10.2 Å². The third-order valence-corrected chi connectivity index (χ3v) is 5.38. The second-order valence-corrected chi connectivity index (χ2v) is 7.28. The van der Waals surface area contributed by atoms with Gasteiger partial charge in [-0.3, -0.25) is 4.57 Å². The highest BCUT2D eigenvalue weighted by atomic mass is 32.2. The molecule has 4 rings (SSSR count). The maximum atomic E-state index is 11.6. The van der Waals surface area contributed by atoms with Gasteiger partial charge in [-0.1, -0.05) is 36.0 Å². The predicted molar refractivity (Wildman–Crippen MR) is 108 cm³/mol. The number of benzene rings is 1. The average Bonchev–Trinajstić information content (AvgIpc) is 3.48. The van der Waals surface area contributed by atoms with Crippen LogP contribution in [0.25, 0.3) is 11.4 Å². The van der Waals surface area contributed by atoms with Crippen LogP contribution in [0.3, 0.4) is 0 Å². The number of carbonyl (C=O) groups excluding carboxylic acids is 1. The van der Waals surface area contributed by atoms with Crippen molar-refractivity contribution >= 4 is 17.7 Å². The summed E-state index contributed by atoms with van der Waals surface area (Å²) in [6, 6.07) is 15.2. The van der Waals surface area contributed by atoms with Gasteiger partial charge in [-0.25, -0.2) is 4.79 Å². The molecular weight excluding hydrogens is 390 g/mol. The number of ether oxygens (including phenoxy) is 1. The molecule has 8 heteroatoms. The number of nitrogens with zero attached hydrogens (tertiary/aromatic N) is 3. The van der Waals surface area contributed by atoms with Gasteiger partial charge in [-0.2, -0.15) is 0 Å². The molecule has 7 nitrogen and oxygen atoms in total. The Morgan fingerprint density at radius 3 is 2.72 bits per heavy atom. The van der Waals surface area contributed by atoms with Crippen LogP contribution in [-0.2, 0) is 17.0 Å². The molecular formula is C21H19N3O4S. The van der Waals surface area contributed by atoms with Crippen LogP contribution in [0.4, 0.5) is 0 Å². The van der Waals surface area contributed by atoms with Crippen molar-refractivity contribution in [2.45, 2.75) is 24.4 Å². The zero-order valence-corrected chi connectivity index (χ0v) is 16.8. The van der Waals surface area contributed by atoms with Crippen molar-refractivity contribution in [1.29, 1.82) is 0 Å². The van der Waals surface area contributed by atoms with Crippen molar-refractivity contribution in [2.75, 3.05) is 7.11 Å². The van der Waals surface area contributed by atoms with Gasteiger partial charge < -0.3 is 13.6 Å². The molecule has 0 aliphatic carbocycles. The molecule has 0 N–H and O–H groups in total. The molecule has 29 heavy (non-hydrogen) atoms. The third-order valence-electron chi connectivity index (χ3n) is 4.39. The van der Waals surface area contributed by atoms with Gasteiger partial charge in [0.2, 0.25) is 5.76 Å². The van der Waals surface area contributed by atoms with Crippen molar-refractivity contribution < 1.29 is 18.4 Å². The highest BCUT2D eigenvalue weighted by molar-refractivity contribution is 7.98. The van der Waals surface area contributed by atoms with Gasteiger partial charge in [0.05, 0.1) is 25.7 Å². The lowest BCUT2D eigenvalue weighted by Crippen LogP contribution is -2.04. The smallest absolute Gasteiger partial charge is 0.373 e. The molecule has 4 aromatic rings. The van der Waals surface area contributed by atoms with E-state index >= 15 is 0 Å². The lowest BCUT2D eigenvalue weighted by atomic mass is 10.1. The van der Waals surface area contributed by atoms with E-state index in [2.05, 4.69) is 14.9 Å². The second kappa shape index (κ2) is 8.40. The largest absolute Gasteiger partial charge is 0.467 e. The lowest BCUT2D eigenvalue weighted by Gasteiger charge is -2.10. The van der Waals surface area contributed by atoms with Crippen LogP contribution >= 0.6 is 11.8 Å². The van der Waals surface area contributed by atoms with Crippen LogP contribution in [0, 0.1) is 6.92 Å². The SMILES string of the molecule is COC(=O)c1ccc(CSc2nnc(-c3ccccc3C)n2Cc2ccco2)o1. The molecule has 0 amide bonds. The molecule has 0 atom stereocenters. The number of thioether (sulfide) groups is 1. The maximum absolute atomic E-state index is 11.6. The highest BCUT2D eigenvalue weighted by Crippen LogP contribution is 2.29. The molecule has 0 aliphatic heterocycles. The first kappa shape index (κ1) is 19.1. The molecule has 0 spiro atoms. The van der Waals surface area contributed by atoms with Crippen molar-refractivity contribution in [3.63, 3.8) is 0 Å². The minimum Gasteiger partial charge on any atom is -0.467 e. The van der Waals surface area contributed by atoms with Gasteiger partial charge in [0.15, 0.2) is 11.0 Å². The van der Waals surface area contributed by atoms with E-state index in [0.717, 1.165) is 27.9 Å². The number of methoxy groups -OCH3 is 1. The van der Waals surface area contributed by atoms with Gasteiger partial charge in [0.1, 0.15) is 11.5 Å². The number of esters is 1. The summed E-state index contributed by atoms with van der Waals surface area (Å²) in [4.78, 5) is 11.6. The Hall–Kier alpha value is -3.26. The topological polar surface area (TPSA) is 83.3 Å².